The molecule has 1 atom stereocenters. The molecule has 1 amide bonds. The normalized spacial score (nSPS) is 18.4. The molecule has 1 aliphatic heterocycles. The molecule has 1 fully saturated rings. The van der Waals surface area contributed by atoms with Gasteiger partial charge in [-0.15, -0.1) is 0 Å². The molecule has 0 spiro atoms. The lowest BCUT2D eigenvalue weighted by atomic mass is 10.1. The van der Waals surface area contributed by atoms with E-state index in [9.17, 15) is 14.7 Å². The van der Waals surface area contributed by atoms with E-state index in [-0.39, 0.29) is 18.3 Å². The molecule has 0 aromatic heterocycles. The second kappa shape index (κ2) is 6.58. The molecular weight excluding hydrogens is 272 g/mol. The Labute approximate surface area is 123 Å². The van der Waals surface area contributed by atoms with Crippen LogP contribution in [0.15, 0.2) is 18.2 Å². The first kappa shape index (κ1) is 15.3. The molecule has 0 saturated carbocycles. The molecule has 0 radical (unpaired) electrons. The van der Waals surface area contributed by atoms with Gasteiger partial charge in [-0.3, -0.25) is 4.79 Å². The Morgan fingerprint density at radius 3 is 2.90 bits per heavy atom. The van der Waals surface area contributed by atoms with E-state index in [1.807, 2.05) is 0 Å². The number of amides is 1. The van der Waals surface area contributed by atoms with Gasteiger partial charge in [0.25, 0.3) is 5.91 Å². The van der Waals surface area contributed by atoms with Gasteiger partial charge in [0.2, 0.25) is 0 Å². The average molecular weight is 292 g/mol. The van der Waals surface area contributed by atoms with E-state index in [0.29, 0.717) is 30.8 Å². The fourth-order valence-electron chi connectivity index (χ4n) is 2.30. The van der Waals surface area contributed by atoms with E-state index in [4.69, 9.17) is 4.74 Å². The van der Waals surface area contributed by atoms with Crippen molar-refractivity contribution >= 4 is 11.9 Å². The van der Waals surface area contributed by atoms with Gasteiger partial charge in [0.05, 0.1) is 6.61 Å². The molecule has 1 saturated heterocycles. The predicted octanol–water partition coefficient (Wildman–Crippen LogP) is 0.678. The van der Waals surface area contributed by atoms with E-state index < -0.39 is 12.0 Å². The van der Waals surface area contributed by atoms with Gasteiger partial charge in [0.15, 0.2) is 0 Å². The topological polar surface area (TPSA) is 78.9 Å². The van der Waals surface area contributed by atoms with Crippen LogP contribution in [0.5, 0.6) is 5.75 Å². The smallest absolute Gasteiger partial charge is 0.330 e. The highest BCUT2D eigenvalue weighted by Gasteiger charge is 2.33. The summed E-state index contributed by atoms with van der Waals surface area (Å²) in [7, 11) is 0. The zero-order valence-electron chi connectivity index (χ0n) is 12.3. The summed E-state index contributed by atoms with van der Waals surface area (Å²) in [5.41, 5.74) is 1.07. The second-order valence-electron chi connectivity index (χ2n) is 4.97. The number of carbonyl (C=O) groups is 2. The standard InChI is InChI=1S/C15H20N2O4/c1-3-21-15(20)12-9-16-6-7-17(12)14(19)11-5-4-10(2)13(18)8-11/h4-5,8,12,16,18H,3,6-7,9H2,1-2H3. The summed E-state index contributed by atoms with van der Waals surface area (Å²) in [6, 6.07) is 4.14. The minimum atomic E-state index is -0.630. The molecule has 0 aliphatic carbocycles. The zero-order chi connectivity index (χ0) is 15.4. The van der Waals surface area contributed by atoms with E-state index in [2.05, 4.69) is 5.32 Å². The van der Waals surface area contributed by atoms with Crippen LogP contribution in [-0.4, -0.2) is 54.2 Å². The van der Waals surface area contributed by atoms with E-state index in [1.54, 1.807) is 26.0 Å². The van der Waals surface area contributed by atoms with Crippen molar-refractivity contribution in [3.8, 4) is 5.75 Å². The highest BCUT2D eigenvalue weighted by atomic mass is 16.5. The Hall–Kier alpha value is -2.08. The van der Waals surface area contributed by atoms with Crippen molar-refractivity contribution in [3.05, 3.63) is 29.3 Å². The molecule has 21 heavy (non-hydrogen) atoms. The summed E-state index contributed by atoms with van der Waals surface area (Å²) in [4.78, 5) is 26.0. The molecule has 6 nitrogen and oxygen atoms in total. The van der Waals surface area contributed by atoms with Crippen molar-refractivity contribution in [2.75, 3.05) is 26.2 Å². The van der Waals surface area contributed by atoms with Crippen LogP contribution in [-0.2, 0) is 9.53 Å². The van der Waals surface area contributed by atoms with Crippen LogP contribution < -0.4 is 5.32 Å². The van der Waals surface area contributed by atoms with E-state index in [1.165, 1.54) is 11.0 Å². The molecule has 1 aliphatic rings. The largest absolute Gasteiger partial charge is 0.508 e. The van der Waals surface area contributed by atoms with Gasteiger partial charge in [0.1, 0.15) is 11.8 Å². The molecular formula is C15H20N2O4. The third-order valence-corrected chi connectivity index (χ3v) is 3.52. The minimum Gasteiger partial charge on any atom is -0.508 e. The molecule has 0 bridgehead atoms. The number of nitrogens with zero attached hydrogens (tertiary/aromatic N) is 1. The predicted molar refractivity (Wildman–Crippen MR) is 77.2 cm³/mol. The second-order valence-corrected chi connectivity index (χ2v) is 4.97. The first-order valence-corrected chi connectivity index (χ1v) is 7.02. The Morgan fingerprint density at radius 2 is 2.24 bits per heavy atom. The summed E-state index contributed by atoms with van der Waals surface area (Å²) in [6.07, 6.45) is 0. The van der Waals surface area contributed by atoms with Gasteiger partial charge in [-0.25, -0.2) is 4.79 Å². The van der Waals surface area contributed by atoms with Gasteiger partial charge >= 0.3 is 5.97 Å². The quantitative estimate of drug-likeness (QED) is 0.801. The van der Waals surface area contributed by atoms with Crippen LogP contribution in [0.1, 0.15) is 22.8 Å². The van der Waals surface area contributed by atoms with Crippen molar-refractivity contribution in [1.29, 1.82) is 0 Å². The van der Waals surface area contributed by atoms with Crippen LogP contribution in [0.4, 0.5) is 0 Å². The zero-order valence-corrected chi connectivity index (χ0v) is 12.3. The lowest BCUT2D eigenvalue weighted by Crippen LogP contribution is -2.57. The number of aromatic hydroxyl groups is 1. The summed E-state index contributed by atoms with van der Waals surface area (Å²) in [5, 5.41) is 12.8. The fourth-order valence-corrected chi connectivity index (χ4v) is 2.30. The third kappa shape index (κ3) is 3.33. The third-order valence-electron chi connectivity index (χ3n) is 3.52. The van der Waals surface area contributed by atoms with Crippen LogP contribution >= 0.6 is 0 Å². The number of ether oxygens (including phenoxy) is 1. The van der Waals surface area contributed by atoms with Gasteiger partial charge in [-0.2, -0.15) is 0 Å². The summed E-state index contributed by atoms with van der Waals surface area (Å²) in [5.74, 6) is -0.608. The number of piperazine rings is 1. The highest BCUT2D eigenvalue weighted by molar-refractivity contribution is 5.97. The first-order valence-electron chi connectivity index (χ1n) is 7.02. The monoisotopic (exact) mass is 292 g/mol. The van der Waals surface area contributed by atoms with E-state index in [0.717, 1.165) is 0 Å². The maximum Gasteiger partial charge on any atom is 0.330 e. The van der Waals surface area contributed by atoms with Crippen LogP contribution in [0.2, 0.25) is 0 Å². The molecule has 1 heterocycles. The van der Waals surface area contributed by atoms with Crippen LogP contribution in [0.3, 0.4) is 0 Å². The number of phenols is 1. The number of benzene rings is 1. The molecule has 114 valence electrons. The maximum absolute atomic E-state index is 12.6. The fraction of sp³-hybridized carbons (Fsp3) is 0.467. The lowest BCUT2D eigenvalue weighted by Gasteiger charge is -2.34. The Kier molecular flexibility index (Phi) is 4.80. The van der Waals surface area contributed by atoms with Crippen LogP contribution in [0, 0.1) is 6.92 Å². The highest BCUT2D eigenvalue weighted by Crippen LogP contribution is 2.20. The molecule has 6 heteroatoms. The SMILES string of the molecule is CCOC(=O)C1CNCCN1C(=O)c1ccc(C)c(O)c1. The number of phenolic OH excluding ortho intramolecular Hbond substituents is 1. The maximum atomic E-state index is 12.6. The van der Waals surface area contributed by atoms with Gasteiger partial charge in [-0.05, 0) is 31.5 Å². The summed E-state index contributed by atoms with van der Waals surface area (Å²) < 4.78 is 5.02. The van der Waals surface area contributed by atoms with Gasteiger partial charge in [0, 0.05) is 25.2 Å². The number of esters is 1. The number of hydrogen-bond donors (Lipinski definition) is 2. The minimum absolute atomic E-state index is 0.0728. The van der Waals surface area contributed by atoms with Crippen molar-refractivity contribution in [1.82, 2.24) is 10.2 Å². The first-order chi connectivity index (χ1) is 10.0. The number of carbonyl (C=O) groups excluding carboxylic acids is 2. The molecule has 1 aromatic carbocycles. The number of rotatable bonds is 3. The van der Waals surface area contributed by atoms with Crippen molar-refractivity contribution in [2.45, 2.75) is 19.9 Å². The van der Waals surface area contributed by atoms with Crippen molar-refractivity contribution in [3.63, 3.8) is 0 Å². The van der Waals surface area contributed by atoms with Crippen LogP contribution in [0.25, 0.3) is 0 Å². The molecule has 2 rings (SSSR count). The summed E-state index contributed by atoms with van der Waals surface area (Å²) in [6.45, 7) is 5.20. The number of nitrogens with one attached hydrogen (secondary N) is 1. The number of hydrogen-bond acceptors (Lipinski definition) is 5. The van der Waals surface area contributed by atoms with Gasteiger partial charge in [-0.1, -0.05) is 6.07 Å². The molecule has 1 unspecified atom stereocenters. The van der Waals surface area contributed by atoms with Crippen molar-refractivity contribution in [2.24, 2.45) is 0 Å². The Bertz CT molecular complexity index is 544. The average Bonchev–Trinajstić information content (AvgIpc) is 2.49. The van der Waals surface area contributed by atoms with Crippen molar-refractivity contribution < 1.29 is 19.4 Å². The Morgan fingerprint density at radius 1 is 1.48 bits per heavy atom. The summed E-state index contributed by atoms with van der Waals surface area (Å²) >= 11 is 0. The molecule has 1 aromatic rings. The number of aryl methyl sites for hydroxylation is 1. The Balaban J connectivity index is 2.21. The molecule has 2 N–H and O–H groups in total. The van der Waals surface area contributed by atoms with E-state index >= 15 is 0 Å². The van der Waals surface area contributed by atoms with Gasteiger partial charge < -0.3 is 20.1 Å². The lowest BCUT2D eigenvalue weighted by molar-refractivity contribution is -0.149.